The predicted molar refractivity (Wildman–Crippen MR) is 166 cm³/mol. The first kappa shape index (κ1) is 31.2. The van der Waals surface area contributed by atoms with Crippen LogP contribution >= 0.6 is 0 Å². The number of carbonyl (C=O) groups is 2. The summed E-state index contributed by atoms with van der Waals surface area (Å²) in [5.74, 6) is -0.555. The van der Waals surface area contributed by atoms with Crippen LogP contribution in [0.4, 0.5) is 10.2 Å². The van der Waals surface area contributed by atoms with Crippen molar-refractivity contribution >= 4 is 23.3 Å². The van der Waals surface area contributed by atoms with Crippen LogP contribution < -0.4 is 16.4 Å². The number of rotatable bonds is 6. The second kappa shape index (κ2) is 13.7. The van der Waals surface area contributed by atoms with Crippen LogP contribution in [-0.4, -0.2) is 100 Å². The number of nitrogens with two attached hydrogens (primary N) is 1. The lowest BCUT2D eigenvalue weighted by atomic mass is 9.66. The molecule has 0 radical (unpaired) electrons. The number of carbonyl (C=O) groups excluding carboxylic acids is 2. The summed E-state index contributed by atoms with van der Waals surface area (Å²) >= 11 is 0. The quantitative estimate of drug-likeness (QED) is 0.454. The van der Waals surface area contributed by atoms with Crippen molar-refractivity contribution in [3.8, 4) is 0 Å². The van der Waals surface area contributed by atoms with Crippen molar-refractivity contribution < 1.29 is 18.7 Å². The van der Waals surface area contributed by atoms with Gasteiger partial charge in [0, 0.05) is 50.2 Å². The van der Waals surface area contributed by atoms with E-state index in [0.717, 1.165) is 51.5 Å². The molecular formula is C32H49FN8O3. The van der Waals surface area contributed by atoms with Gasteiger partial charge >= 0.3 is 0 Å². The van der Waals surface area contributed by atoms with E-state index in [-0.39, 0.29) is 58.4 Å². The summed E-state index contributed by atoms with van der Waals surface area (Å²) in [7, 11) is 0. The molecule has 2 aromatic heterocycles. The number of likely N-dealkylation sites (tertiary alicyclic amines) is 2. The highest BCUT2D eigenvalue weighted by Crippen LogP contribution is 2.43. The first-order valence-corrected chi connectivity index (χ1v) is 16.8. The number of anilines is 1. The van der Waals surface area contributed by atoms with Crippen LogP contribution in [0.15, 0.2) is 12.4 Å². The maximum atomic E-state index is 13.9. The first-order valence-electron chi connectivity index (χ1n) is 16.8. The number of aromatic nitrogens is 3. The van der Waals surface area contributed by atoms with E-state index in [0.29, 0.717) is 26.2 Å². The topological polar surface area (TPSA) is 130 Å². The van der Waals surface area contributed by atoms with Gasteiger partial charge in [0.1, 0.15) is 5.56 Å². The molecule has 2 atom stereocenters. The minimum Gasteiger partial charge on any atom is -0.381 e. The average Bonchev–Trinajstić information content (AvgIpc) is 3.33. The second-order valence-electron chi connectivity index (χ2n) is 13.4. The van der Waals surface area contributed by atoms with Crippen molar-refractivity contribution in [2.24, 2.45) is 11.3 Å². The SMILES string of the molecule is CCOC1CN(C(=O)C2CCN(C3C(NC(=O)c4c(N)nn5cc(F)cnc45)CNCC34CCCCCCCCC4)CC2)C1. The molecule has 12 heteroatoms. The smallest absolute Gasteiger partial charge is 0.259 e. The third-order valence-electron chi connectivity index (χ3n) is 10.5. The van der Waals surface area contributed by atoms with Crippen molar-refractivity contribution in [1.82, 2.24) is 35.0 Å². The summed E-state index contributed by atoms with van der Waals surface area (Å²) in [6, 6.07) is -0.0356. The summed E-state index contributed by atoms with van der Waals surface area (Å²) in [4.78, 5) is 35.8. The monoisotopic (exact) mass is 612 g/mol. The highest BCUT2D eigenvalue weighted by atomic mass is 19.1. The van der Waals surface area contributed by atoms with Crippen molar-refractivity contribution in [3.63, 3.8) is 0 Å². The van der Waals surface area contributed by atoms with E-state index in [2.05, 4.69) is 25.6 Å². The van der Waals surface area contributed by atoms with Gasteiger partial charge in [0.05, 0.1) is 24.5 Å². The number of ether oxygens (including phenoxy) is 1. The summed E-state index contributed by atoms with van der Waals surface area (Å²) in [5, 5.41) is 11.2. The Morgan fingerprint density at radius 3 is 2.48 bits per heavy atom. The molecular weight excluding hydrogens is 563 g/mol. The lowest BCUT2D eigenvalue weighted by molar-refractivity contribution is -0.151. The Kier molecular flexibility index (Phi) is 9.68. The zero-order valence-electron chi connectivity index (χ0n) is 26.1. The number of amides is 2. The number of halogens is 1. The molecule has 2 unspecified atom stereocenters. The Morgan fingerprint density at radius 2 is 1.80 bits per heavy atom. The highest BCUT2D eigenvalue weighted by Gasteiger charge is 2.49. The normalized spacial score (nSPS) is 26.0. The molecule has 3 saturated heterocycles. The fourth-order valence-corrected chi connectivity index (χ4v) is 8.36. The van der Waals surface area contributed by atoms with Crippen molar-refractivity contribution in [3.05, 3.63) is 23.8 Å². The molecule has 0 aromatic carbocycles. The zero-order valence-corrected chi connectivity index (χ0v) is 26.1. The molecule has 5 heterocycles. The zero-order chi connectivity index (χ0) is 30.7. The number of hydrogen-bond acceptors (Lipinski definition) is 8. The number of piperidine rings is 2. The van der Waals surface area contributed by atoms with Crippen LogP contribution in [0.1, 0.15) is 87.9 Å². The molecule has 3 aliphatic heterocycles. The van der Waals surface area contributed by atoms with Crippen molar-refractivity contribution in [2.45, 2.75) is 95.7 Å². The maximum absolute atomic E-state index is 13.9. The summed E-state index contributed by atoms with van der Waals surface area (Å²) in [6.45, 7) is 7.31. The third-order valence-corrected chi connectivity index (χ3v) is 10.5. The van der Waals surface area contributed by atoms with E-state index in [1.54, 1.807) is 0 Å². The molecule has 44 heavy (non-hydrogen) atoms. The van der Waals surface area contributed by atoms with E-state index in [1.807, 2.05) is 11.8 Å². The number of nitrogens with zero attached hydrogens (tertiary/aromatic N) is 5. The Balaban J connectivity index is 1.22. The number of hydrogen-bond donors (Lipinski definition) is 3. The highest BCUT2D eigenvalue weighted by molar-refractivity contribution is 6.04. The van der Waals surface area contributed by atoms with Gasteiger partial charge in [-0.05, 0) is 45.7 Å². The number of nitrogen functional groups attached to an aromatic ring is 1. The third kappa shape index (κ3) is 6.44. The fraction of sp³-hybridized carbons (Fsp3) is 0.750. The van der Waals surface area contributed by atoms with Crippen LogP contribution in [0.25, 0.3) is 5.65 Å². The van der Waals surface area contributed by atoms with E-state index in [9.17, 15) is 14.0 Å². The Bertz CT molecular complexity index is 1300. The lowest BCUT2D eigenvalue weighted by Gasteiger charge is -2.55. The maximum Gasteiger partial charge on any atom is 0.259 e. The van der Waals surface area contributed by atoms with Crippen molar-refractivity contribution in [2.75, 3.05) is 51.6 Å². The van der Waals surface area contributed by atoms with Crippen LogP contribution in [0.5, 0.6) is 0 Å². The Morgan fingerprint density at radius 1 is 1.11 bits per heavy atom. The minimum absolute atomic E-state index is 0.0145. The molecule has 0 bridgehead atoms. The van der Waals surface area contributed by atoms with Crippen molar-refractivity contribution in [1.29, 1.82) is 0 Å². The van der Waals surface area contributed by atoms with Crippen LogP contribution in [0, 0.1) is 17.2 Å². The number of fused-ring (bicyclic) bond motifs is 1. The molecule has 2 aromatic rings. The molecule has 1 saturated carbocycles. The van der Waals surface area contributed by atoms with Gasteiger partial charge in [-0.1, -0.05) is 44.9 Å². The molecule has 11 nitrogen and oxygen atoms in total. The van der Waals surface area contributed by atoms with Gasteiger partial charge in [-0.3, -0.25) is 14.5 Å². The van der Waals surface area contributed by atoms with E-state index >= 15 is 0 Å². The van der Waals surface area contributed by atoms with Gasteiger partial charge in [0.25, 0.3) is 5.91 Å². The molecule has 1 aliphatic carbocycles. The molecule has 6 rings (SSSR count). The van der Waals surface area contributed by atoms with Gasteiger partial charge in [-0.2, -0.15) is 0 Å². The van der Waals surface area contributed by atoms with Crippen LogP contribution in [0.3, 0.4) is 0 Å². The van der Waals surface area contributed by atoms with Gasteiger partial charge in [0.15, 0.2) is 17.3 Å². The summed E-state index contributed by atoms with van der Waals surface area (Å²) in [5.41, 5.74) is 6.61. The predicted octanol–water partition coefficient (Wildman–Crippen LogP) is 2.99. The second-order valence-corrected chi connectivity index (χ2v) is 13.4. The summed E-state index contributed by atoms with van der Waals surface area (Å²) in [6.07, 6.45) is 15.0. The number of nitrogens with one attached hydrogen (secondary N) is 2. The van der Waals surface area contributed by atoms with E-state index in [1.165, 1.54) is 55.7 Å². The lowest BCUT2D eigenvalue weighted by Crippen LogP contribution is -2.69. The van der Waals surface area contributed by atoms with Gasteiger partial charge in [-0.15, -0.1) is 5.10 Å². The van der Waals surface area contributed by atoms with E-state index < -0.39 is 5.82 Å². The molecule has 242 valence electrons. The minimum atomic E-state index is -0.549. The molecule has 2 amide bonds. The molecule has 4 fully saturated rings. The molecule has 1 spiro atoms. The van der Waals surface area contributed by atoms with Crippen LogP contribution in [0.2, 0.25) is 0 Å². The Labute approximate surface area is 259 Å². The average molecular weight is 613 g/mol. The van der Waals surface area contributed by atoms with Crippen LogP contribution in [-0.2, 0) is 9.53 Å². The standard InChI is InChI=1S/C32H49FN8O3/c1-2-44-24-19-40(20-24)31(43)22-10-14-39(15-11-22)27-25(17-35-21-32(27)12-8-6-4-3-5-7-9-13-32)37-30(42)26-28(34)38-41-18-23(33)16-36-29(26)41/h16,18,22,24-25,27,35H,2-15,17,19-21H2,1H3,(H2,34,38)(H,37,42). The molecule has 4 N–H and O–H groups in total. The molecule has 4 aliphatic rings. The van der Waals surface area contributed by atoms with Gasteiger partial charge < -0.3 is 26.0 Å². The first-order chi connectivity index (χ1) is 21.4. The largest absolute Gasteiger partial charge is 0.381 e. The van der Waals surface area contributed by atoms with Gasteiger partial charge in [0.2, 0.25) is 5.91 Å². The fourth-order valence-electron chi connectivity index (χ4n) is 8.36. The Hall–Kier alpha value is -2.83. The van der Waals surface area contributed by atoms with Gasteiger partial charge in [-0.25, -0.2) is 13.9 Å². The summed E-state index contributed by atoms with van der Waals surface area (Å²) < 4.78 is 20.7. The van der Waals surface area contributed by atoms with E-state index in [4.69, 9.17) is 10.5 Å².